The molecule has 0 aliphatic heterocycles. The Hall–Kier alpha value is -2.30. The fraction of sp³-hybridized carbons (Fsp3) is 0.333. The second-order valence-corrected chi connectivity index (χ2v) is 4.72. The van der Waals surface area contributed by atoms with Crippen molar-refractivity contribution in [1.29, 1.82) is 0 Å². The quantitative estimate of drug-likeness (QED) is 0.929. The lowest BCUT2D eigenvalue weighted by Crippen LogP contribution is -2.23. The SMILES string of the molecule is CCCn1c(C)c(NC(C)=O)c(=O)n1-c1ccccc1. The average Bonchev–Trinajstić information content (AvgIpc) is 2.65. The van der Waals surface area contributed by atoms with Crippen LogP contribution in [0.2, 0.25) is 0 Å². The highest BCUT2D eigenvalue weighted by molar-refractivity contribution is 5.89. The van der Waals surface area contributed by atoms with Crippen molar-refractivity contribution < 1.29 is 4.79 Å². The molecule has 0 radical (unpaired) electrons. The highest BCUT2D eigenvalue weighted by Gasteiger charge is 2.18. The van der Waals surface area contributed by atoms with Crippen molar-refractivity contribution in [2.45, 2.75) is 33.7 Å². The Morgan fingerprint density at radius 1 is 1.25 bits per heavy atom. The third-order valence-corrected chi connectivity index (χ3v) is 3.13. The van der Waals surface area contributed by atoms with Crippen LogP contribution in [0.25, 0.3) is 5.69 Å². The van der Waals surface area contributed by atoms with E-state index in [1.165, 1.54) is 6.92 Å². The first-order chi connectivity index (χ1) is 9.56. The zero-order chi connectivity index (χ0) is 14.7. The van der Waals surface area contributed by atoms with Gasteiger partial charge in [0.1, 0.15) is 5.69 Å². The number of nitrogens with zero attached hydrogens (tertiary/aromatic N) is 2. The first kappa shape index (κ1) is 14.1. The average molecular weight is 273 g/mol. The van der Waals surface area contributed by atoms with E-state index in [1.807, 2.05) is 41.9 Å². The van der Waals surface area contributed by atoms with E-state index in [9.17, 15) is 9.59 Å². The minimum atomic E-state index is -0.237. The summed E-state index contributed by atoms with van der Waals surface area (Å²) in [6.07, 6.45) is 0.904. The Labute approximate surface area is 117 Å². The van der Waals surface area contributed by atoms with Crippen LogP contribution >= 0.6 is 0 Å². The monoisotopic (exact) mass is 273 g/mol. The van der Waals surface area contributed by atoms with Gasteiger partial charge in [-0.15, -0.1) is 0 Å². The Morgan fingerprint density at radius 2 is 1.90 bits per heavy atom. The van der Waals surface area contributed by atoms with Gasteiger partial charge in [-0.1, -0.05) is 25.1 Å². The fourth-order valence-electron chi connectivity index (χ4n) is 2.27. The molecule has 0 saturated heterocycles. The van der Waals surface area contributed by atoms with Crippen molar-refractivity contribution >= 4 is 11.6 Å². The Bertz CT molecular complexity index is 668. The summed E-state index contributed by atoms with van der Waals surface area (Å²) in [4.78, 5) is 23.8. The van der Waals surface area contributed by atoms with Gasteiger partial charge in [0.15, 0.2) is 0 Å². The summed E-state index contributed by atoms with van der Waals surface area (Å²) in [6, 6.07) is 9.44. The standard InChI is InChI=1S/C15H19N3O2/c1-4-10-17-11(2)14(16-12(3)19)15(20)18(17)13-8-6-5-7-9-13/h5-9H,4,10H2,1-3H3,(H,16,19). The van der Waals surface area contributed by atoms with Crippen LogP contribution in [0, 0.1) is 6.92 Å². The summed E-state index contributed by atoms with van der Waals surface area (Å²) in [5.74, 6) is -0.237. The second-order valence-electron chi connectivity index (χ2n) is 4.72. The van der Waals surface area contributed by atoms with Crippen molar-refractivity contribution in [2.24, 2.45) is 0 Å². The maximum Gasteiger partial charge on any atom is 0.295 e. The third kappa shape index (κ3) is 2.52. The minimum Gasteiger partial charge on any atom is -0.320 e. The number of nitrogens with one attached hydrogen (secondary N) is 1. The fourth-order valence-corrected chi connectivity index (χ4v) is 2.27. The molecule has 0 bridgehead atoms. The molecule has 0 unspecified atom stereocenters. The van der Waals surface area contributed by atoms with E-state index in [4.69, 9.17) is 0 Å². The van der Waals surface area contributed by atoms with E-state index in [1.54, 1.807) is 4.68 Å². The van der Waals surface area contributed by atoms with E-state index in [2.05, 4.69) is 12.2 Å². The van der Waals surface area contributed by atoms with Gasteiger partial charge in [0, 0.05) is 13.5 Å². The van der Waals surface area contributed by atoms with Crippen LogP contribution in [0.15, 0.2) is 35.1 Å². The molecule has 0 atom stereocenters. The molecule has 106 valence electrons. The molecule has 5 nitrogen and oxygen atoms in total. The van der Waals surface area contributed by atoms with Crippen LogP contribution in [-0.4, -0.2) is 15.3 Å². The van der Waals surface area contributed by atoms with Crippen molar-refractivity contribution in [3.63, 3.8) is 0 Å². The first-order valence-electron chi connectivity index (χ1n) is 6.71. The van der Waals surface area contributed by atoms with Crippen LogP contribution in [0.5, 0.6) is 0 Å². The predicted molar refractivity (Wildman–Crippen MR) is 79.4 cm³/mol. The topological polar surface area (TPSA) is 56.0 Å². The number of hydrogen-bond acceptors (Lipinski definition) is 2. The van der Waals surface area contributed by atoms with Crippen molar-refractivity contribution in [3.05, 3.63) is 46.4 Å². The van der Waals surface area contributed by atoms with Gasteiger partial charge >= 0.3 is 0 Å². The van der Waals surface area contributed by atoms with Crippen molar-refractivity contribution in [2.75, 3.05) is 5.32 Å². The lowest BCUT2D eigenvalue weighted by atomic mass is 10.3. The molecule has 1 heterocycles. The van der Waals surface area contributed by atoms with Crippen molar-refractivity contribution in [1.82, 2.24) is 9.36 Å². The summed E-state index contributed by atoms with van der Waals surface area (Å²) in [7, 11) is 0. The molecule has 20 heavy (non-hydrogen) atoms. The molecule has 0 aliphatic carbocycles. The predicted octanol–water partition coefficient (Wildman–Crippen LogP) is 2.32. The Balaban J connectivity index is 2.66. The highest BCUT2D eigenvalue weighted by Crippen LogP contribution is 2.15. The molecule has 2 rings (SSSR count). The molecule has 1 N–H and O–H groups in total. The van der Waals surface area contributed by atoms with Crippen LogP contribution in [0.3, 0.4) is 0 Å². The highest BCUT2D eigenvalue weighted by atomic mass is 16.2. The van der Waals surface area contributed by atoms with Crippen LogP contribution in [0.4, 0.5) is 5.69 Å². The number of amides is 1. The molecule has 2 aromatic rings. The maximum absolute atomic E-state index is 12.5. The van der Waals surface area contributed by atoms with E-state index < -0.39 is 0 Å². The van der Waals surface area contributed by atoms with Gasteiger partial charge in [-0.3, -0.25) is 14.3 Å². The molecule has 1 amide bonds. The van der Waals surface area contributed by atoms with E-state index in [-0.39, 0.29) is 11.5 Å². The Kier molecular flexibility index (Phi) is 4.08. The molecule has 0 spiro atoms. The third-order valence-electron chi connectivity index (χ3n) is 3.13. The lowest BCUT2D eigenvalue weighted by molar-refractivity contribution is -0.114. The van der Waals surface area contributed by atoms with E-state index >= 15 is 0 Å². The summed E-state index contributed by atoms with van der Waals surface area (Å²) < 4.78 is 3.52. The molecule has 1 aromatic heterocycles. The smallest absolute Gasteiger partial charge is 0.295 e. The second kappa shape index (κ2) is 5.77. The number of hydrogen-bond donors (Lipinski definition) is 1. The van der Waals surface area contributed by atoms with Crippen LogP contribution < -0.4 is 10.9 Å². The number of aromatic nitrogens is 2. The normalized spacial score (nSPS) is 10.6. The van der Waals surface area contributed by atoms with E-state index in [0.29, 0.717) is 5.69 Å². The van der Waals surface area contributed by atoms with Gasteiger partial charge in [0.2, 0.25) is 5.91 Å². The number of benzene rings is 1. The Morgan fingerprint density at radius 3 is 2.45 bits per heavy atom. The summed E-state index contributed by atoms with van der Waals surface area (Å²) >= 11 is 0. The molecule has 1 aromatic carbocycles. The maximum atomic E-state index is 12.5. The number of carbonyl (C=O) groups is 1. The number of rotatable bonds is 4. The molecular formula is C15H19N3O2. The molecule has 0 aliphatic rings. The molecule has 0 fully saturated rings. The van der Waals surface area contributed by atoms with Crippen LogP contribution in [0.1, 0.15) is 26.0 Å². The summed E-state index contributed by atoms with van der Waals surface area (Å²) in [5.41, 5.74) is 1.73. The minimum absolute atomic E-state index is 0.197. The summed E-state index contributed by atoms with van der Waals surface area (Å²) in [6.45, 7) is 6.03. The first-order valence-corrected chi connectivity index (χ1v) is 6.71. The lowest BCUT2D eigenvalue weighted by Gasteiger charge is -2.12. The van der Waals surface area contributed by atoms with Gasteiger partial charge in [0.05, 0.1) is 11.4 Å². The molecule has 0 saturated carbocycles. The van der Waals surface area contributed by atoms with E-state index in [0.717, 1.165) is 24.3 Å². The number of anilines is 1. The van der Waals surface area contributed by atoms with Gasteiger partial charge < -0.3 is 5.32 Å². The van der Waals surface area contributed by atoms with Crippen LogP contribution in [-0.2, 0) is 11.3 Å². The van der Waals surface area contributed by atoms with Gasteiger partial charge in [-0.25, -0.2) is 4.68 Å². The van der Waals surface area contributed by atoms with Gasteiger partial charge in [0.25, 0.3) is 5.56 Å². The number of carbonyl (C=O) groups excluding carboxylic acids is 1. The summed E-state index contributed by atoms with van der Waals surface area (Å²) in [5, 5.41) is 2.64. The van der Waals surface area contributed by atoms with Crippen molar-refractivity contribution in [3.8, 4) is 5.69 Å². The van der Waals surface area contributed by atoms with Gasteiger partial charge in [-0.2, -0.15) is 0 Å². The molecule has 5 heteroatoms. The van der Waals surface area contributed by atoms with Gasteiger partial charge in [-0.05, 0) is 25.5 Å². The zero-order valence-electron chi connectivity index (χ0n) is 12.0. The largest absolute Gasteiger partial charge is 0.320 e. The number of para-hydroxylation sites is 1. The molecular weight excluding hydrogens is 254 g/mol. The zero-order valence-corrected chi connectivity index (χ0v) is 12.0.